The molecule has 0 aliphatic carbocycles. The fourth-order valence-electron chi connectivity index (χ4n) is 5.05. The van der Waals surface area contributed by atoms with Crippen molar-refractivity contribution >= 4 is 29.3 Å². The lowest BCUT2D eigenvalue weighted by Gasteiger charge is -2.31. The summed E-state index contributed by atoms with van der Waals surface area (Å²) in [5, 5.41) is 21.2. The Kier molecular flexibility index (Phi) is 11.8. The number of hydrogen-bond donors (Lipinski definition) is 2. The molecule has 9 nitrogen and oxygen atoms in total. The van der Waals surface area contributed by atoms with Crippen molar-refractivity contribution in [2.45, 2.75) is 59.5 Å². The molecule has 2 aromatic rings. The van der Waals surface area contributed by atoms with Crippen LogP contribution < -0.4 is 4.74 Å². The molecule has 0 radical (unpaired) electrons. The van der Waals surface area contributed by atoms with Crippen molar-refractivity contribution in [2.24, 2.45) is 5.92 Å². The zero-order chi connectivity index (χ0) is 31.0. The van der Waals surface area contributed by atoms with Crippen LogP contribution in [-0.4, -0.2) is 71.2 Å². The van der Waals surface area contributed by atoms with Crippen molar-refractivity contribution in [3.63, 3.8) is 0 Å². The molecule has 228 valence electrons. The van der Waals surface area contributed by atoms with Gasteiger partial charge in [-0.05, 0) is 63.8 Å². The molecule has 10 heteroatoms. The minimum atomic E-state index is -0.573. The largest absolute Gasteiger partial charge is 0.512 e. The highest BCUT2D eigenvalue weighted by molar-refractivity contribution is 6.33. The van der Waals surface area contributed by atoms with Crippen LogP contribution in [0.3, 0.4) is 0 Å². The van der Waals surface area contributed by atoms with Crippen LogP contribution in [-0.2, 0) is 9.47 Å². The summed E-state index contributed by atoms with van der Waals surface area (Å²) in [4.78, 5) is 23.4. The molecule has 1 atom stereocenters. The first-order valence-electron chi connectivity index (χ1n) is 14.1. The van der Waals surface area contributed by atoms with E-state index in [0.29, 0.717) is 77.0 Å². The lowest BCUT2D eigenvalue weighted by molar-refractivity contribution is 0.0993. The molecule has 1 fully saturated rings. The summed E-state index contributed by atoms with van der Waals surface area (Å²) >= 11 is 6.65. The Morgan fingerprint density at radius 1 is 1.21 bits per heavy atom. The Morgan fingerprint density at radius 3 is 2.48 bits per heavy atom. The number of benzene rings is 1. The van der Waals surface area contributed by atoms with Gasteiger partial charge in [0, 0.05) is 41.8 Å². The molecule has 1 aromatic carbocycles. The number of hydrogen-bond acceptors (Lipinski definition) is 8. The van der Waals surface area contributed by atoms with Gasteiger partial charge in [-0.15, -0.1) is 0 Å². The minimum Gasteiger partial charge on any atom is -0.512 e. The van der Waals surface area contributed by atoms with E-state index in [1.807, 2.05) is 26.8 Å². The molecule has 42 heavy (non-hydrogen) atoms. The van der Waals surface area contributed by atoms with Crippen molar-refractivity contribution in [3.8, 4) is 17.1 Å². The van der Waals surface area contributed by atoms with Crippen LogP contribution in [0.1, 0.15) is 63.4 Å². The summed E-state index contributed by atoms with van der Waals surface area (Å²) in [6, 6.07) is 5.19. The number of nitrogens with zero attached hydrogens (tertiary/aromatic N) is 3. The second-order valence-electron chi connectivity index (χ2n) is 10.5. The van der Waals surface area contributed by atoms with Gasteiger partial charge in [0.1, 0.15) is 18.1 Å². The summed E-state index contributed by atoms with van der Waals surface area (Å²) in [5.74, 6) is 1.75. The van der Waals surface area contributed by atoms with Crippen molar-refractivity contribution in [1.82, 2.24) is 14.9 Å². The maximum absolute atomic E-state index is 12.0. The van der Waals surface area contributed by atoms with Gasteiger partial charge >= 0.3 is 6.09 Å². The first-order chi connectivity index (χ1) is 20.0. The van der Waals surface area contributed by atoms with E-state index in [1.54, 1.807) is 37.1 Å². The fourth-order valence-corrected chi connectivity index (χ4v) is 5.25. The minimum absolute atomic E-state index is 0.0720. The van der Waals surface area contributed by atoms with E-state index in [2.05, 4.69) is 6.58 Å². The second-order valence-corrected chi connectivity index (χ2v) is 10.9. The van der Waals surface area contributed by atoms with Gasteiger partial charge in [0.25, 0.3) is 0 Å². The summed E-state index contributed by atoms with van der Waals surface area (Å²) in [6.45, 7) is 12.6. The molecule has 1 aliphatic heterocycles. The van der Waals surface area contributed by atoms with Gasteiger partial charge in [-0.25, -0.2) is 14.8 Å². The van der Waals surface area contributed by atoms with Gasteiger partial charge in [-0.3, -0.25) is 0 Å². The quantitative estimate of drug-likeness (QED) is 0.210. The number of carbonyl (C=O) groups excluding carboxylic acids is 1. The third kappa shape index (κ3) is 8.04. The molecule has 0 bridgehead atoms. The van der Waals surface area contributed by atoms with Crippen molar-refractivity contribution in [2.75, 3.05) is 33.9 Å². The number of piperidine rings is 1. The topological polar surface area (TPSA) is 114 Å². The average molecular weight is 600 g/mol. The van der Waals surface area contributed by atoms with E-state index in [4.69, 9.17) is 35.8 Å². The van der Waals surface area contributed by atoms with Gasteiger partial charge in [0.2, 0.25) is 0 Å². The summed E-state index contributed by atoms with van der Waals surface area (Å²) < 4.78 is 16.6. The first kappa shape index (κ1) is 32.9. The van der Waals surface area contributed by atoms with E-state index >= 15 is 0 Å². The monoisotopic (exact) mass is 599 g/mol. The Morgan fingerprint density at radius 2 is 1.90 bits per heavy atom. The van der Waals surface area contributed by atoms with Gasteiger partial charge in [0.15, 0.2) is 5.82 Å². The highest BCUT2D eigenvalue weighted by Gasteiger charge is 2.27. The van der Waals surface area contributed by atoms with Crippen molar-refractivity contribution in [1.29, 1.82) is 0 Å². The van der Waals surface area contributed by atoms with E-state index in [9.17, 15) is 15.0 Å². The first-order valence-corrected chi connectivity index (χ1v) is 14.5. The normalized spacial score (nSPS) is 15.6. The number of amides is 1. The van der Waals surface area contributed by atoms with Gasteiger partial charge in [-0.1, -0.05) is 31.5 Å². The molecule has 1 aromatic heterocycles. The summed E-state index contributed by atoms with van der Waals surface area (Å²) in [5.41, 5.74) is 3.56. The zero-order valence-corrected chi connectivity index (χ0v) is 26.1. The van der Waals surface area contributed by atoms with Crippen molar-refractivity contribution in [3.05, 3.63) is 63.8 Å². The Labute approximate surface area is 253 Å². The molecule has 0 saturated carbocycles. The van der Waals surface area contributed by atoms with Crippen LogP contribution in [0.25, 0.3) is 23.0 Å². The number of carbonyl (C=O) groups is 1. The summed E-state index contributed by atoms with van der Waals surface area (Å²) in [7, 11) is 3.01. The Bertz CT molecular complexity index is 1340. The molecular weight excluding hydrogens is 558 g/mol. The van der Waals surface area contributed by atoms with Gasteiger partial charge in [0.05, 0.1) is 42.5 Å². The van der Waals surface area contributed by atoms with Gasteiger partial charge < -0.3 is 29.3 Å². The standard InChI is InChI=1S/C32H42ClN3O6/c1-8-9-23(38)18-42-24-10-11-26(33)25(16-24)31-34-27(20(4)30(35-31)29(19(2)3)21(5)37)17-28(40-6)22-12-14-36(15-13-22)32(39)41-7/h10-11,16-17,22-23,37-38H,2,8-9,12-15,18H2,1,3-7H3/b28-17-,29-21+/t23-/m1/s1. The fraction of sp³-hybridized carbons (Fsp3) is 0.469. The maximum atomic E-state index is 12.0. The van der Waals surface area contributed by atoms with E-state index < -0.39 is 6.10 Å². The smallest absolute Gasteiger partial charge is 0.409 e. The maximum Gasteiger partial charge on any atom is 0.409 e. The number of allylic oxidation sites excluding steroid dienone is 4. The molecule has 3 rings (SSSR count). The van der Waals surface area contributed by atoms with Crippen LogP contribution in [0.15, 0.2) is 41.9 Å². The number of aromatic nitrogens is 2. The predicted octanol–water partition coefficient (Wildman–Crippen LogP) is 6.98. The number of aliphatic hydroxyl groups excluding tert-OH is 2. The lowest BCUT2D eigenvalue weighted by atomic mass is 9.93. The molecule has 2 heterocycles. The van der Waals surface area contributed by atoms with Crippen LogP contribution in [0.2, 0.25) is 5.02 Å². The highest BCUT2D eigenvalue weighted by Crippen LogP contribution is 2.35. The van der Waals surface area contributed by atoms with Gasteiger partial charge in [-0.2, -0.15) is 0 Å². The van der Waals surface area contributed by atoms with Crippen LogP contribution in [0.5, 0.6) is 5.75 Å². The summed E-state index contributed by atoms with van der Waals surface area (Å²) in [6.07, 6.45) is 3.89. The predicted molar refractivity (Wildman–Crippen MR) is 165 cm³/mol. The number of ether oxygens (including phenoxy) is 3. The molecule has 0 spiro atoms. The van der Waals surface area contributed by atoms with Crippen LogP contribution >= 0.6 is 11.6 Å². The SMILES string of the molecule is C=C(C)/C(=C(/C)O)c1nc(-c2cc(OC[C@H](O)CCC)ccc2Cl)nc(/C=C(\OC)C2CCN(C(=O)OC)CC2)c1C. The third-order valence-corrected chi connectivity index (χ3v) is 7.63. The third-order valence-electron chi connectivity index (χ3n) is 7.30. The highest BCUT2D eigenvalue weighted by atomic mass is 35.5. The lowest BCUT2D eigenvalue weighted by Crippen LogP contribution is -2.38. The number of likely N-dealkylation sites (tertiary alicyclic amines) is 1. The van der Waals surface area contributed by atoms with E-state index in [1.165, 1.54) is 7.11 Å². The molecule has 0 unspecified atom stereocenters. The van der Waals surface area contributed by atoms with E-state index in [0.717, 1.165) is 17.7 Å². The molecular formula is C32H42ClN3O6. The molecule has 1 saturated heterocycles. The van der Waals surface area contributed by atoms with Crippen LogP contribution in [0, 0.1) is 12.8 Å². The number of halogens is 1. The molecule has 1 amide bonds. The molecule has 2 N–H and O–H groups in total. The van der Waals surface area contributed by atoms with Crippen molar-refractivity contribution < 1.29 is 29.2 Å². The number of rotatable bonds is 11. The number of aliphatic hydroxyl groups is 2. The Hall–Kier alpha value is -3.56. The number of methoxy groups -OCH3 is 2. The molecule has 1 aliphatic rings. The Balaban J connectivity index is 2.11. The van der Waals surface area contributed by atoms with E-state index in [-0.39, 0.29) is 24.4 Å². The zero-order valence-electron chi connectivity index (χ0n) is 25.4. The average Bonchev–Trinajstić information content (AvgIpc) is 2.96. The van der Waals surface area contributed by atoms with Crippen LogP contribution in [0.4, 0.5) is 4.79 Å². The second kappa shape index (κ2) is 15.1.